The minimum Gasteiger partial charge on any atom is -0.375 e. The van der Waals surface area contributed by atoms with Gasteiger partial charge in [-0.05, 0) is 19.8 Å². The Kier molecular flexibility index (Phi) is 6.11. The summed E-state index contributed by atoms with van der Waals surface area (Å²) in [6, 6.07) is 0. The van der Waals surface area contributed by atoms with Crippen LogP contribution in [0.2, 0.25) is 0 Å². The highest BCUT2D eigenvalue weighted by Gasteiger charge is 2.25. The monoisotopic (exact) mass is 236 g/mol. The normalized spacial score (nSPS) is 24.0. The highest BCUT2D eigenvalue weighted by atomic mass is 35.5. The molecule has 1 saturated heterocycles. The van der Waals surface area contributed by atoms with Gasteiger partial charge in [0.2, 0.25) is 0 Å². The Bertz CT molecular complexity index is 180. The van der Waals surface area contributed by atoms with Gasteiger partial charge >= 0.3 is 0 Å². The van der Waals surface area contributed by atoms with Crippen LogP contribution in [0.15, 0.2) is 0 Å². The third-order valence-corrected chi connectivity index (χ3v) is 2.55. The smallest absolute Gasteiger partial charge is 0.0725 e. The number of morpholine rings is 1. The lowest BCUT2D eigenvalue weighted by Gasteiger charge is -2.37. The molecule has 2 N–H and O–H groups in total. The second-order valence-electron chi connectivity index (χ2n) is 5.38. The molecule has 1 unspecified atom stereocenters. The lowest BCUT2D eigenvalue weighted by Crippen LogP contribution is -2.52. The van der Waals surface area contributed by atoms with Crippen LogP contribution in [0.3, 0.4) is 0 Å². The highest BCUT2D eigenvalue weighted by Crippen LogP contribution is 2.14. The van der Waals surface area contributed by atoms with E-state index in [1.807, 2.05) is 0 Å². The van der Waals surface area contributed by atoms with Crippen LogP contribution in [0.1, 0.15) is 27.7 Å². The number of hydrogen-bond donors (Lipinski definition) is 1. The summed E-state index contributed by atoms with van der Waals surface area (Å²) < 4.78 is 5.70. The van der Waals surface area contributed by atoms with Crippen molar-refractivity contribution in [2.24, 2.45) is 11.7 Å². The van der Waals surface area contributed by atoms with E-state index in [9.17, 15) is 0 Å². The summed E-state index contributed by atoms with van der Waals surface area (Å²) in [6.07, 6.45) is 0.381. The van der Waals surface area contributed by atoms with Crippen LogP contribution < -0.4 is 5.73 Å². The van der Waals surface area contributed by atoms with Crippen LogP contribution in [0.25, 0.3) is 0 Å². The van der Waals surface area contributed by atoms with E-state index in [0.29, 0.717) is 12.0 Å². The fraction of sp³-hybridized carbons (Fsp3) is 1.00. The van der Waals surface area contributed by atoms with E-state index in [4.69, 9.17) is 10.5 Å². The van der Waals surface area contributed by atoms with E-state index in [-0.39, 0.29) is 17.9 Å². The topological polar surface area (TPSA) is 38.5 Å². The average Bonchev–Trinajstić information content (AvgIpc) is 2.01. The van der Waals surface area contributed by atoms with E-state index in [1.165, 1.54) is 0 Å². The lowest BCUT2D eigenvalue weighted by atomic mass is 10.0. The molecule has 0 saturated carbocycles. The Hall–Kier alpha value is 0.170. The molecule has 1 heterocycles. The molecule has 0 amide bonds. The molecule has 4 heteroatoms. The maximum Gasteiger partial charge on any atom is 0.0725 e. The van der Waals surface area contributed by atoms with Crippen LogP contribution in [0.4, 0.5) is 0 Å². The van der Waals surface area contributed by atoms with Crippen molar-refractivity contribution in [3.05, 3.63) is 0 Å². The van der Waals surface area contributed by atoms with E-state index in [0.717, 1.165) is 26.2 Å². The van der Waals surface area contributed by atoms with Gasteiger partial charge in [0.05, 0.1) is 12.7 Å². The molecule has 1 aliphatic heterocycles. The third-order valence-electron chi connectivity index (χ3n) is 2.55. The summed E-state index contributed by atoms with van der Waals surface area (Å²) >= 11 is 0. The lowest BCUT2D eigenvalue weighted by molar-refractivity contribution is -0.0542. The molecule has 1 atom stereocenters. The summed E-state index contributed by atoms with van der Waals surface area (Å²) in [5, 5.41) is 0. The summed E-state index contributed by atoms with van der Waals surface area (Å²) in [6.45, 7) is 12.4. The molecule has 0 aromatic heterocycles. The second-order valence-corrected chi connectivity index (χ2v) is 5.38. The number of hydrogen-bond acceptors (Lipinski definition) is 3. The van der Waals surface area contributed by atoms with E-state index in [1.54, 1.807) is 0 Å². The minimum atomic E-state index is -0.0983. The minimum absolute atomic E-state index is 0. The predicted octanol–water partition coefficient (Wildman–Crippen LogP) is 1.50. The number of halogens is 1. The summed E-state index contributed by atoms with van der Waals surface area (Å²) in [5.41, 5.74) is 5.91. The Morgan fingerprint density at radius 2 is 2.07 bits per heavy atom. The van der Waals surface area contributed by atoms with Crippen molar-refractivity contribution in [1.29, 1.82) is 0 Å². The van der Waals surface area contributed by atoms with Gasteiger partial charge in [-0.15, -0.1) is 12.4 Å². The molecule has 15 heavy (non-hydrogen) atoms. The van der Waals surface area contributed by atoms with Gasteiger partial charge in [0.15, 0.2) is 0 Å². The SMILES string of the molecule is CC(C)C1CN(CC(C)(C)N)CCO1.Cl. The van der Waals surface area contributed by atoms with Crippen LogP contribution in [-0.4, -0.2) is 42.8 Å². The van der Waals surface area contributed by atoms with Crippen molar-refractivity contribution in [3.63, 3.8) is 0 Å². The fourth-order valence-corrected chi connectivity index (χ4v) is 1.85. The highest BCUT2D eigenvalue weighted by molar-refractivity contribution is 5.85. The van der Waals surface area contributed by atoms with Crippen LogP contribution >= 0.6 is 12.4 Å². The average molecular weight is 237 g/mol. The van der Waals surface area contributed by atoms with Crippen molar-refractivity contribution >= 4 is 12.4 Å². The van der Waals surface area contributed by atoms with E-state index < -0.39 is 0 Å². The molecule has 0 bridgehead atoms. The first kappa shape index (κ1) is 15.2. The van der Waals surface area contributed by atoms with Gasteiger partial charge in [-0.25, -0.2) is 0 Å². The van der Waals surface area contributed by atoms with Crippen molar-refractivity contribution < 1.29 is 4.74 Å². The van der Waals surface area contributed by atoms with Gasteiger partial charge in [0, 0.05) is 25.2 Å². The van der Waals surface area contributed by atoms with Crippen molar-refractivity contribution in [2.45, 2.75) is 39.3 Å². The molecule has 0 spiro atoms. The molecule has 3 nitrogen and oxygen atoms in total. The van der Waals surface area contributed by atoms with Gasteiger partial charge in [-0.3, -0.25) is 4.90 Å². The quantitative estimate of drug-likeness (QED) is 0.807. The first-order valence-electron chi connectivity index (χ1n) is 5.51. The maximum absolute atomic E-state index is 6.01. The Balaban J connectivity index is 0.00000196. The number of ether oxygens (including phenoxy) is 1. The van der Waals surface area contributed by atoms with Crippen LogP contribution in [-0.2, 0) is 4.74 Å². The summed E-state index contributed by atoms with van der Waals surface area (Å²) in [4.78, 5) is 2.41. The first-order chi connectivity index (χ1) is 6.38. The number of nitrogens with two attached hydrogens (primary N) is 1. The molecule has 1 aliphatic rings. The van der Waals surface area contributed by atoms with Gasteiger partial charge in [-0.1, -0.05) is 13.8 Å². The molecule has 0 aromatic rings. The zero-order valence-corrected chi connectivity index (χ0v) is 11.1. The fourth-order valence-electron chi connectivity index (χ4n) is 1.85. The van der Waals surface area contributed by atoms with E-state index in [2.05, 4.69) is 32.6 Å². The molecule has 0 aliphatic carbocycles. The van der Waals surface area contributed by atoms with Crippen molar-refractivity contribution in [2.75, 3.05) is 26.2 Å². The van der Waals surface area contributed by atoms with Crippen LogP contribution in [0, 0.1) is 5.92 Å². The van der Waals surface area contributed by atoms with Gasteiger partial charge < -0.3 is 10.5 Å². The first-order valence-corrected chi connectivity index (χ1v) is 5.51. The standard InChI is InChI=1S/C11H24N2O.ClH/c1-9(2)10-7-13(5-6-14-10)8-11(3,4)12;/h9-10H,5-8,12H2,1-4H3;1H. The summed E-state index contributed by atoms with van der Waals surface area (Å²) in [7, 11) is 0. The van der Waals surface area contributed by atoms with E-state index >= 15 is 0 Å². The van der Waals surface area contributed by atoms with Gasteiger partial charge in [-0.2, -0.15) is 0 Å². The van der Waals surface area contributed by atoms with Crippen molar-refractivity contribution in [1.82, 2.24) is 4.90 Å². The zero-order chi connectivity index (χ0) is 10.8. The number of rotatable bonds is 3. The Morgan fingerprint density at radius 1 is 1.47 bits per heavy atom. The molecular weight excluding hydrogens is 212 g/mol. The molecular formula is C11H25ClN2O. The van der Waals surface area contributed by atoms with Gasteiger partial charge in [0.25, 0.3) is 0 Å². The third kappa shape index (κ3) is 5.71. The van der Waals surface area contributed by atoms with Crippen LogP contribution in [0.5, 0.6) is 0 Å². The maximum atomic E-state index is 6.01. The largest absolute Gasteiger partial charge is 0.375 e. The molecule has 0 radical (unpaired) electrons. The predicted molar refractivity (Wildman–Crippen MR) is 66.5 cm³/mol. The molecule has 1 rings (SSSR count). The summed E-state index contributed by atoms with van der Waals surface area (Å²) in [5.74, 6) is 0.596. The molecule has 0 aromatic carbocycles. The molecule has 1 fully saturated rings. The van der Waals surface area contributed by atoms with Gasteiger partial charge in [0.1, 0.15) is 0 Å². The second kappa shape index (κ2) is 6.04. The molecule has 92 valence electrons. The Morgan fingerprint density at radius 3 is 2.53 bits per heavy atom. The number of nitrogens with zero attached hydrogens (tertiary/aromatic N) is 1. The Labute approximate surface area is 99.7 Å². The van der Waals surface area contributed by atoms with Crippen molar-refractivity contribution in [3.8, 4) is 0 Å². The zero-order valence-electron chi connectivity index (χ0n) is 10.3.